The molecular weight excluding hydrogens is 341 g/mol. The first-order valence-corrected chi connectivity index (χ1v) is 7.86. The molecule has 0 spiro atoms. The van der Waals surface area contributed by atoms with Crippen LogP contribution in [0.3, 0.4) is 0 Å². The molecule has 1 aliphatic carbocycles. The van der Waals surface area contributed by atoms with Crippen LogP contribution in [0.2, 0.25) is 0 Å². The number of primary sulfonamides is 1. The highest BCUT2D eigenvalue weighted by atomic mass is 79.9. The summed E-state index contributed by atoms with van der Waals surface area (Å²) in [5.41, 5.74) is -0.440. The van der Waals surface area contributed by atoms with Crippen LogP contribution in [-0.2, 0) is 14.8 Å². The molecular formula is C11H11BrFNO4S. The average molecular weight is 352 g/mol. The average Bonchev–Trinajstić information content (AvgIpc) is 2.24. The standard InChI is InChI=1S/C11H11BrFNO4S/c12-6-4-8(11(15)18-7-2-1-3-7)10(13)9(5-6)19(14,16)17/h4-5,7H,1-3H2,(H2,14,16,17). The maximum atomic E-state index is 14.0. The Bertz CT molecular complexity index is 628. The van der Waals surface area contributed by atoms with Crippen LogP contribution in [0.1, 0.15) is 29.6 Å². The third kappa shape index (κ3) is 3.13. The van der Waals surface area contributed by atoms with Crippen LogP contribution in [0.5, 0.6) is 0 Å². The van der Waals surface area contributed by atoms with Crippen molar-refractivity contribution in [3.63, 3.8) is 0 Å². The van der Waals surface area contributed by atoms with Gasteiger partial charge in [-0.1, -0.05) is 15.9 Å². The summed E-state index contributed by atoms with van der Waals surface area (Å²) in [6.45, 7) is 0. The zero-order chi connectivity index (χ0) is 14.2. The molecule has 1 fully saturated rings. The molecule has 0 aromatic heterocycles. The van der Waals surface area contributed by atoms with Crippen molar-refractivity contribution in [3.05, 3.63) is 28.0 Å². The van der Waals surface area contributed by atoms with Crippen molar-refractivity contribution in [1.29, 1.82) is 0 Å². The van der Waals surface area contributed by atoms with Crippen LogP contribution in [0.25, 0.3) is 0 Å². The van der Waals surface area contributed by atoms with Crippen molar-refractivity contribution in [2.24, 2.45) is 5.14 Å². The number of rotatable bonds is 3. The molecule has 0 unspecified atom stereocenters. The monoisotopic (exact) mass is 351 g/mol. The Morgan fingerprint density at radius 1 is 1.42 bits per heavy atom. The minimum Gasteiger partial charge on any atom is -0.459 e. The largest absolute Gasteiger partial charge is 0.459 e. The number of benzene rings is 1. The van der Waals surface area contributed by atoms with E-state index >= 15 is 0 Å². The molecule has 104 valence electrons. The Labute approximate surface area is 118 Å². The van der Waals surface area contributed by atoms with E-state index in [9.17, 15) is 17.6 Å². The lowest BCUT2D eigenvalue weighted by atomic mass is 9.96. The van der Waals surface area contributed by atoms with E-state index in [0.717, 1.165) is 25.3 Å². The summed E-state index contributed by atoms with van der Waals surface area (Å²) in [4.78, 5) is 11.0. The molecule has 0 aliphatic heterocycles. The SMILES string of the molecule is NS(=O)(=O)c1cc(Br)cc(C(=O)OC2CCC2)c1F. The highest BCUT2D eigenvalue weighted by Crippen LogP contribution is 2.27. The third-order valence-electron chi connectivity index (χ3n) is 2.86. The molecule has 1 aromatic rings. The molecule has 2 rings (SSSR count). The van der Waals surface area contributed by atoms with E-state index in [2.05, 4.69) is 15.9 Å². The molecule has 0 atom stereocenters. The Morgan fingerprint density at radius 3 is 2.53 bits per heavy atom. The van der Waals surface area contributed by atoms with Gasteiger partial charge in [-0.15, -0.1) is 0 Å². The number of carbonyl (C=O) groups is 1. The van der Waals surface area contributed by atoms with Crippen LogP contribution in [0.15, 0.2) is 21.5 Å². The first kappa shape index (κ1) is 14.4. The lowest BCUT2D eigenvalue weighted by molar-refractivity contribution is 0.00847. The van der Waals surface area contributed by atoms with Gasteiger partial charge in [-0.25, -0.2) is 22.7 Å². The smallest absolute Gasteiger partial charge is 0.341 e. The molecule has 1 saturated carbocycles. The summed E-state index contributed by atoms with van der Waals surface area (Å²) in [6.07, 6.45) is 2.22. The fraction of sp³-hybridized carbons (Fsp3) is 0.364. The minimum atomic E-state index is -4.24. The topological polar surface area (TPSA) is 86.5 Å². The van der Waals surface area contributed by atoms with Crippen molar-refractivity contribution in [1.82, 2.24) is 0 Å². The van der Waals surface area contributed by atoms with E-state index in [1.54, 1.807) is 0 Å². The van der Waals surface area contributed by atoms with Gasteiger partial charge in [0.15, 0.2) is 5.82 Å². The third-order valence-corrected chi connectivity index (χ3v) is 4.22. The van der Waals surface area contributed by atoms with Crippen LogP contribution in [0, 0.1) is 5.82 Å². The van der Waals surface area contributed by atoms with Crippen molar-refractivity contribution in [2.45, 2.75) is 30.3 Å². The molecule has 0 amide bonds. The normalized spacial score (nSPS) is 15.9. The highest BCUT2D eigenvalue weighted by Gasteiger charge is 2.27. The van der Waals surface area contributed by atoms with Crippen LogP contribution < -0.4 is 5.14 Å². The van der Waals surface area contributed by atoms with Gasteiger partial charge >= 0.3 is 5.97 Å². The van der Waals surface area contributed by atoms with Crippen molar-refractivity contribution in [3.8, 4) is 0 Å². The van der Waals surface area contributed by atoms with Gasteiger partial charge in [0.2, 0.25) is 10.0 Å². The van der Waals surface area contributed by atoms with Crippen LogP contribution in [-0.4, -0.2) is 20.5 Å². The van der Waals surface area contributed by atoms with Gasteiger partial charge in [0.25, 0.3) is 0 Å². The summed E-state index contributed by atoms with van der Waals surface area (Å²) in [5.74, 6) is -2.07. The number of carbonyl (C=O) groups excluding carboxylic acids is 1. The van der Waals surface area contributed by atoms with Crippen molar-refractivity contribution < 1.29 is 22.3 Å². The summed E-state index contributed by atoms with van der Waals surface area (Å²) < 4.78 is 41.7. The molecule has 2 N–H and O–H groups in total. The zero-order valence-electron chi connectivity index (χ0n) is 9.73. The molecule has 19 heavy (non-hydrogen) atoms. The van der Waals surface area contributed by atoms with E-state index in [1.165, 1.54) is 6.07 Å². The molecule has 1 aromatic carbocycles. The summed E-state index contributed by atoms with van der Waals surface area (Å²) in [7, 11) is -4.24. The number of hydrogen-bond donors (Lipinski definition) is 1. The number of ether oxygens (including phenoxy) is 1. The van der Waals surface area contributed by atoms with Gasteiger partial charge in [0.1, 0.15) is 11.0 Å². The first-order valence-electron chi connectivity index (χ1n) is 5.52. The van der Waals surface area contributed by atoms with Gasteiger partial charge in [-0.05, 0) is 31.4 Å². The van der Waals surface area contributed by atoms with Gasteiger partial charge in [0.05, 0.1) is 5.56 Å². The van der Waals surface area contributed by atoms with E-state index in [-0.39, 0.29) is 10.6 Å². The van der Waals surface area contributed by atoms with Crippen LogP contribution in [0.4, 0.5) is 4.39 Å². The van der Waals surface area contributed by atoms with E-state index < -0.39 is 32.3 Å². The maximum absolute atomic E-state index is 14.0. The molecule has 0 radical (unpaired) electrons. The second-order valence-electron chi connectivity index (χ2n) is 4.27. The van der Waals surface area contributed by atoms with Crippen molar-refractivity contribution >= 4 is 31.9 Å². The lowest BCUT2D eigenvalue weighted by Gasteiger charge is -2.25. The lowest BCUT2D eigenvalue weighted by Crippen LogP contribution is -2.26. The molecule has 8 heteroatoms. The Hall–Kier alpha value is -0.990. The molecule has 0 saturated heterocycles. The summed E-state index contributed by atoms with van der Waals surface area (Å²) >= 11 is 3.01. The van der Waals surface area contributed by atoms with E-state index in [4.69, 9.17) is 9.88 Å². The van der Waals surface area contributed by atoms with Gasteiger partial charge in [0, 0.05) is 4.47 Å². The number of sulfonamides is 1. The molecule has 0 heterocycles. The maximum Gasteiger partial charge on any atom is 0.341 e. The Kier molecular flexibility index (Phi) is 3.93. The quantitative estimate of drug-likeness (QED) is 0.843. The minimum absolute atomic E-state index is 0.219. The van der Waals surface area contributed by atoms with Crippen LogP contribution >= 0.6 is 15.9 Å². The van der Waals surface area contributed by atoms with Gasteiger partial charge < -0.3 is 4.74 Å². The summed E-state index contributed by atoms with van der Waals surface area (Å²) in [6, 6.07) is 2.18. The first-order chi connectivity index (χ1) is 8.79. The number of halogens is 2. The number of nitrogens with two attached hydrogens (primary N) is 1. The predicted molar refractivity (Wildman–Crippen MR) is 68.5 cm³/mol. The Balaban J connectivity index is 2.39. The van der Waals surface area contributed by atoms with Gasteiger partial charge in [-0.2, -0.15) is 0 Å². The van der Waals surface area contributed by atoms with E-state index in [1.807, 2.05) is 0 Å². The van der Waals surface area contributed by atoms with Gasteiger partial charge in [-0.3, -0.25) is 0 Å². The zero-order valence-corrected chi connectivity index (χ0v) is 12.1. The van der Waals surface area contributed by atoms with Crippen molar-refractivity contribution in [2.75, 3.05) is 0 Å². The number of hydrogen-bond acceptors (Lipinski definition) is 4. The molecule has 1 aliphatic rings. The predicted octanol–water partition coefficient (Wildman–Crippen LogP) is 1.94. The summed E-state index contributed by atoms with van der Waals surface area (Å²) in [5, 5.41) is 4.89. The fourth-order valence-electron chi connectivity index (χ4n) is 1.62. The fourth-order valence-corrected chi connectivity index (χ4v) is 2.88. The molecule has 5 nitrogen and oxygen atoms in total. The molecule has 0 bridgehead atoms. The second kappa shape index (κ2) is 5.18. The second-order valence-corrected chi connectivity index (χ2v) is 6.71. The highest BCUT2D eigenvalue weighted by molar-refractivity contribution is 9.10. The number of esters is 1. The Morgan fingerprint density at radius 2 is 2.05 bits per heavy atom. The van der Waals surface area contributed by atoms with E-state index in [0.29, 0.717) is 0 Å².